The monoisotopic (exact) mass is 943 g/mol. The van der Waals surface area contributed by atoms with Crippen molar-refractivity contribution in [2.75, 3.05) is 0 Å². The van der Waals surface area contributed by atoms with E-state index < -0.39 is 6.89 Å². The summed E-state index contributed by atoms with van der Waals surface area (Å²) in [5, 5.41) is 4.07. The summed E-state index contributed by atoms with van der Waals surface area (Å²) >= 11 is 0. The van der Waals surface area contributed by atoms with Crippen molar-refractivity contribution < 1.29 is 196 Å². The number of hydrogen-bond acceptors (Lipinski definition) is 0. The molecule has 0 amide bonds. The second-order valence-corrected chi connectivity index (χ2v) is 10.3. The van der Waals surface area contributed by atoms with E-state index in [-0.39, 0.29) is 196 Å². The molecule has 6 radical (unpaired) electrons. The standard InChI is InChI=1S/C29H30P.6Y/c1-2-3-4-5-6-7-8-9-19-26-30(27-20-13-10-14-21-27,28-22-15-11-16-23-28)29-24-17-12-18-25-29;;;;;;/h4,8,10-18,20-25H,2,5-6,9,19H2,1H3;;;;;;/q-3;;;;;;. The van der Waals surface area contributed by atoms with Crippen molar-refractivity contribution in [3.8, 4) is 0 Å². The summed E-state index contributed by atoms with van der Waals surface area (Å²) in [6, 6.07) is 32.7. The van der Waals surface area contributed by atoms with Gasteiger partial charge in [-0.25, -0.2) is 0 Å². The third-order valence-electron chi connectivity index (χ3n) is 4.99. The molecule has 7 heteroatoms. The second-order valence-electron chi connectivity index (χ2n) is 7.08. The van der Waals surface area contributed by atoms with E-state index in [4.69, 9.17) is 0 Å². The SMILES string of the molecule is CC[C-]=CCC[C-]=CCC[C-]=P(c1ccccc1)(c1ccccc1)c1ccccc1.[Y].[Y].[Y].[Y].[Y].[Y]. The minimum Gasteiger partial charge on any atom is -0.501 e. The van der Waals surface area contributed by atoms with Crippen LogP contribution in [0.4, 0.5) is 0 Å². The Morgan fingerprint density at radius 1 is 0.528 bits per heavy atom. The molecule has 0 saturated heterocycles. The van der Waals surface area contributed by atoms with Crippen molar-refractivity contribution >= 4 is 28.6 Å². The Bertz CT molecular complexity index is 887. The summed E-state index contributed by atoms with van der Waals surface area (Å²) in [6.07, 6.45) is 15.8. The summed E-state index contributed by atoms with van der Waals surface area (Å²) in [4.78, 5) is 0. The molecule has 172 valence electrons. The molecule has 0 aliphatic rings. The predicted molar refractivity (Wildman–Crippen MR) is 135 cm³/mol. The first kappa shape index (κ1) is 47.0. The Balaban J connectivity index is -0.000000853. The topological polar surface area (TPSA) is 0 Å². The maximum Gasteiger partial charge on any atom is 0 e. The van der Waals surface area contributed by atoms with Crippen molar-refractivity contribution in [2.24, 2.45) is 0 Å². The molecule has 0 N–H and O–H groups in total. The molecule has 0 bridgehead atoms. The molecule has 36 heavy (non-hydrogen) atoms. The molecular weight excluding hydrogens is 913 g/mol. The van der Waals surface area contributed by atoms with Crippen LogP contribution in [0.3, 0.4) is 0 Å². The van der Waals surface area contributed by atoms with Crippen LogP contribution in [0.5, 0.6) is 0 Å². The Morgan fingerprint density at radius 3 is 1.28 bits per heavy atom. The number of allylic oxidation sites excluding steroid dienone is 4. The van der Waals surface area contributed by atoms with E-state index in [1.165, 1.54) is 15.9 Å². The molecule has 0 aliphatic carbocycles. The molecule has 0 spiro atoms. The third kappa shape index (κ3) is 15.5. The average molecular weight is 943 g/mol. The van der Waals surface area contributed by atoms with Crippen molar-refractivity contribution in [1.29, 1.82) is 0 Å². The van der Waals surface area contributed by atoms with Crippen LogP contribution in [0.15, 0.2) is 103 Å². The first-order chi connectivity index (χ1) is 14.9. The van der Waals surface area contributed by atoms with Gasteiger partial charge in [-0.2, -0.15) is 26.1 Å². The van der Waals surface area contributed by atoms with Gasteiger partial charge >= 0.3 is 0 Å². The van der Waals surface area contributed by atoms with Crippen LogP contribution in [0, 0.1) is 12.2 Å². The Hall–Kier alpha value is 4.06. The van der Waals surface area contributed by atoms with Gasteiger partial charge in [-0.3, -0.25) is 12.2 Å². The van der Waals surface area contributed by atoms with Crippen LogP contribution >= 0.6 is 6.89 Å². The first-order valence-electron chi connectivity index (χ1n) is 10.8. The molecule has 0 atom stereocenters. The van der Waals surface area contributed by atoms with Gasteiger partial charge in [0, 0.05) is 196 Å². The van der Waals surface area contributed by atoms with Crippen molar-refractivity contribution in [1.82, 2.24) is 0 Å². The smallest absolute Gasteiger partial charge is 0 e. The van der Waals surface area contributed by atoms with E-state index >= 15 is 0 Å². The second kappa shape index (κ2) is 29.1. The Labute approximate surface area is 371 Å². The molecule has 3 rings (SSSR count). The zero-order valence-electron chi connectivity index (χ0n) is 21.3. The number of unbranched alkanes of at least 4 members (excludes halogenated alkanes) is 2. The Kier molecular flexibility index (Phi) is 38.1. The van der Waals surface area contributed by atoms with Crippen LogP contribution in [-0.4, -0.2) is 5.80 Å². The van der Waals surface area contributed by atoms with Gasteiger partial charge in [0.15, 0.2) is 0 Å². The summed E-state index contributed by atoms with van der Waals surface area (Å²) < 4.78 is 0. The molecule has 0 fully saturated rings. The maximum atomic E-state index is 4.01. The minimum absolute atomic E-state index is 0. The summed E-state index contributed by atoms with van der Waals surface area (Å²) in [7, 11) is 0. The average Bonchev–Trinajstić information content (AvgIpc) is 2.82. The van der Waals surface area contributed by atoms with Crippen LogP contribution in [0.25, 0.3) is 0 Å². The van der Waals surface area contributed by atoms with E-state index in [0.717, 1.165) is 32.1 Å². The Morgan fingerprint density at radius 2 is 0.889 bits per heavy atom. The summed E-state index contributed by atoms with van der Waals surface area (Å²) in [6.45, 7) is 0.177. The van der Waals surface area contributed by atoms with E-state index in [0.29, 0.717) is 0 Å². The molecule has 0 heterocycles. The summed E-state index contributed by atoms with van der Waals surface area (Å²) in [5.41, 5.74) is 0. The fraction of sp³-hybridized carbons (Fsp3) is 0.207. The zero-order valence-corrected chi connectivity index (χ0v) is 39.2. The van der Waals surface area contributed by atoms with Crippen molar-refractivity contribution in [3.05, 3.63) is 115 Å². The van der Waals surface area contributed by atoms with Gasteiger partial charge in [0.1, 0.15) is 0 Å². The first-order valence-corrected chi connectivity index (χ1v) is 12.6. The molecule has 0 aliphatic heterocycles. The van der Waals surface area contributed by atoms with Crippen molar-refractivity contribution in [2.45, 2.75) is 39.0 Å². The van der Waals surface area contributed by atoms with Gasteiger partial charge in [0.25, 0.3) is 0 Å². The number of benzene rings is 3. The minimum atomic E-state index is -1.94. The van der Waals surface area contributed by atoms with E-state index in [2.05, 4.69) is 128 Å². The quantitative estimate of drug-likeness (QED) is 0.127. The third-order valence-corrected chi connectivity index (χ3v) is 8.91. The van der Waals surface area contributed by atoms with Crippen molar-refractivity contribution in [3.63, 3.8) is 0 Å². The molecule has 0 nitrogen and oxygen atoms in total. The van der Waals surface area contributed by atoms with Gasteiger partial charge in [-0.15, -0.1) is 0 Å². The molecule has 3 aromatic carbocycles. The van der Waals surface area contributed by atoms with E-state index in [1.807, 2.05) is 0 Å². The molecule has 3 aromatic rings. The van der Waals surface area contributed by atoms with Gasteiger partial charge in [-0.1, -0.05) is 111 Å². The van der Waals surface area contributed by atoms with E-state index in [1.54, 1.807) is 0 Å². The maximum absolute atomic E-state index is 4.01. The van der Waals surface area contributed by atoms with Crippen LogP contribution in [-0.2, 0) is 196 Å². The molecular formula is C29H30PY6-3. The number of hydrogen-bond donors (Lipinski definition) is 0. The van der Waals surface area contributed by atoms with Gasteiger partial charge < -0.3 is 17.9 Å². The number of rotatable bonds is 10. The molecule has 0 aromatic heterocycles. The fourth-order valence-electron chi connectivity index (χ4n) is 3.59. The van der Waals surface area contributed by atoms with Crippen LogP contribution in [0.2, 0.25) is 0 Å². The van der Waals surface area contributed by atoms with E-state index in [9.17, 15) is 0 Å². The largest absolute Gasteiger partial charge is 0.501 e. The fourth-order valence-corrected chi connectivity index (χ4v) is 7.35. The molecule has 0 unspecified atom stereocenters. The van der Waals surface area contributed by atoms with Gasteiger partial charge in [-0.05, 0) is 15.9 Å². The van der Waals surface area contributed by atoms with Crippen LogP contribution in [0.1, 0.15) is 39.0 Å². The zero-order chi connectivity index (χ0) is 20.9. The predicted octanol–water partition coefficient (Wildman–Crippen LogP) is 6.33. The molecule has 0 saturated carbocycles. The van der Waals surface area contributed by atoms with Crippen LogP contribution < -0.4 is 15.9 Å². The van der Waals surface area contributed by atoms with Gasteiger partial charge in [0.05, 0.1) is 0 Å². The normalized spacial score (nSPS) is 9.92. The van der Waals surface area contributed by atoms with Gasteiger partial charge in [0.2, 0.25) is 0 Å². The summed E-state index contributed by atoms with van der Waals surface area (Å²) in [5.74, 6) is 4.01.